The summed E-state index contributed by atoms with van der Waals surface area (Å²) in [6.45, 7) is 2.86. The predicted octanol–water partition coefficient (Wildman–Crippen LogP) is 3.05. The Labute approximate surface area is 154 Å². The van der Waals surface area contributed by atoms with Gasteiger partial charge in [-0.05, 0) is 24.3 Å². The third kappa shape index (κ3) is 3.32. The van der Waals surface area contributed by atoms with Crippen LogP contribution in [0.4, 0.5) is 0 Å². The van der Waals surface area contributed by atoms with E-state index in [0.717, 1.165) is 28.0 Å². The van der Waals surface area contributed by atoms with Crippen LogP contribution in [0.5, 0.6) is 0 Å². The highest BCUT2D eigenvalue weighted by molar-refractivity contribution is 7.91. The normalized spacial score (nSPS) is 17.3. The smallest absolute Gasteiger partial charge is 0.252 e. The van der Waals surface area contributed by atoms with Crippen molar-refractivity contribution in [2.45, 2.75) is 10.8 Å². The standard InChI is InChI=1S/C16H16ClN3O3S2/c17-15-5-6-16(24-15)25(21,22)20-9-7-19(8-10-20)11-13-12-3-1-2-4-14(12)23-18-13/h1-6H,7-11H2. The molecule has 1 aromatic carbocycles. The fraction of sp³-hybridized carbons (Fsp3) is 0.312. The first kappa shape index (κ1) is 17.0. The van der Waals surface area contributed by atoms with Crippen LogP contribution in [0, 0.1) is 0 Å². The second-order valence-electron chi connectivity index (χ2n) is 5.86. The number of halogens is 1. The van der Waals surface area contributed by atoms with Gasteiger partial charge in [-0.25, -0.2) is 8.42 Å². The molecule has 0 unspecified atom stereocenters. The van der Waals surface area contributed by atoms with Gasteiger partial charge in [-0.15, -0.1) is 11.3 Å². The Kier molecular flexibility index (Phi) is 4.55. The summed E-state index contributed by atoms with van der Waals surface area (Å²) in [5.41, 5.74) is 1.66. The zero-order chi connectivity index (χ0) is 17.4. The predicted molar refractivity (Wildman–Crippen MR) is 97.4 cm³/mol. The zero-order valence-electron chi connectivity index (χ0n) is 13.3. The summed E-state index contributed by atoms with van der Waals surface area (Å²) in [6.07, 6.45) is 0. The minimum Gasteiger partial charge on any atom is -0.356 e. The first-order valence-corrected chi connectivity index (χ1v) is 10.5. The zero-order valence-corrected chi connectivity index (χ0v) is 15.6. The lowest BCUT2D eigenvalue weighted by Crippen LogP contribution is -2.48. The molecule has 0 spiro atoms. The Hall–Kier alpha value is -1.45. The molecule has 2 aromatic heterocycles. The maximum absolute atomic E-state index is 12.6. The molecule has 0 bridgehead atoms. The second-order valence-corrected chi connectivity index (χ2v) is 9.74. The molecular weight excluding hydrogens is 382 g/mol. The van der Waals surface area contributed by atoms with Gasteiger partial charge in [-0.1, -0.05) is 28.9 Å². The maximum atomic E-state index is 12.6. The number of fused-ring (bicyclic) bond motifs is 1. The van der Waals surface area contributed by atoms with Crippen molar-refractivity contribution in [1.82, 2.24) is 14.4 Å². The fourth-order valence-corrected chi connectivity index (χ4v) is 6.01. The van der Waals surface area contributed by atoms with Gasteiger partial charge < -0.3 is 4.52 Å². The lowest BCUT2D eigenvalue weighted by molar-refractivity contribution is 0.178. The van der Waals surface area contributed by atoms with E-state index < -0.39 is 10.0 Å². The van der Waals surface area contributed by atoms with Crippen LogP contribution in [0.3, 0.4) is 0 Å². The Bertz CT molecular complexity index is 991. The number of rotatable bonds is 4. The molecule has 4 rings (SSSR count). The van der Waals surface area contributed by atoms with Crippen LogP contribution in [-0.4, -0.2) is 49.0 Å². The minimum atomic E-state index is -3.45. The van der Waals surface area contributed by atoms with Crippen molar-refractivity contribution in [3.63, 3.8) is 0 Å². The van der Waals surface area contributed by atoms with E-state index >= 15 is 0 Å². The van der Waals surface area contributed by atoms with Gasteiger partial charge in [0.25, 0.3) is 10.0 Å². The van der Waals surface area contributed by atoms with Gasteiger partial charge in [-0.2, -0.15) is 4.31 Å². The van der Waals surface area contributed by atoms with Crippen LogP contribution in [0.2, 0.25) is 4.34 Å². The highest BCUT2D eigenvalue weighted by atomic mass is 35.5. The molecule has 0 radical (unpaired) electrons. The van der Waals surface area contributed by atoms with E-state index in [1.54, 1.807) is 12.1 Å². The van der Waals surface area contributed by atoms with Crippen molar-refractivity contribution in [3.05, 3.63) is 46.4 Å². The largest absolute Gasteiger partial charge is 0.356 e. The third-order valence-electron chi connectivity index (χ3n) is 4.30. The van der Waals surface area contributed by atoms with E-state index in [-0.39, 0.29) is 0 Å². The number of para-hydroxylation sites is 1. The average Bonchev–Trinajstić information content (AvgIpc) is 3.23. The molecule has 0 aliphatic carbocycles. The van der Waals surface area contributed by atoms with Crippen LogP contribution < -0.4 is 0 Å². The molecule has 132 valence electrons. The van der Waals surface area contributed by atoms with Crippen LogP contribution in [0.1, 0.15) is 5.69 Å². The van der Waals surface area contributed by atoms with E-state index in [2.05, 4.69) is 10.1 Å². The number of thiophene rings is 1. The topological polar surface area (TPSA) is 66.7 Å². The fourth-order valence-electron chi connectivity index (χ4n) is 2.96. The number of benzene rings is 1. The van der Waals surface area contributed by atoms with E-state index in [0.29, 0.717) is 41.3 Å². The average molecular weight is 398 g/mol. The Balaban J connectivity index is 1.43. The monoisotopic (exact) mass is 397 g/mol. The molecule has 3 aromatic rings. The molecule has 1 saturated heterocycles. The van der Waals surface area contributed by atoms with Crippen LogP contribution >= 0.6 is 22.9 Å². The molecule has 0 atom stereocenters. The van der Waals surface area contributed by atoms with Crippen molar-refractivity contribution in [2.24, 2.45) is 0 Å². The van der Waals surface area contributed by atoms with Crippen molar-refractivity contribution in [1.29, 1.82) is 0 Å². The van der Waals surface area contributed by atoms with Gasteiger partial charge >= 0.3 is 0 Å². The summed E-state index contributed by atoms with van der Waals surface area (Å²) < 4.78 is 32.9. The number of sulfonamides is 1. The van der Waals surface area contributed by atoms with E-state index in [4.69, 9.17) is 16.1 Å². The molecule has 1 aliphatic rings. The van der Waals surface area contributed by atoms with Gasteiger partial charge in [0.2, 0.25) is 0 Å². The molecule has 6 nitrogen and oxygen atoms in total. The lowest BCUT2D eigenvalue weighted by Gasteiger charge is -2.33. The first-order chi connectivity index (χ1) is 12.0. The Morgan fingerprint density at radius 3 is 2.60 bits per heavy atom. The van der Waals surface area contributed by atoms with Gasteiger partial charge in [-0.3, -0.25) is 4.90 Å². The molecule has 1 fully saturated rings. The van der Waals surface area contributed by atoms with Gasteiger partial charge in [0.1, 0.15) is 9.90 Å². The summed E-state index contributed by atoms with van der Waals surface area (Å²) >= 11 is 6.96. The Morgan fingerprint density at radius 2 is 1.88 bits per heavy atom. The van der Waals surface area contributed by atoms with Crippen LogP contribution in [0.15, 0.2) is 45.1 Å². The van der Waals surface area contributed by atoms with Gasteiger partial charge in [0.15, 0.2) is 5.58 Å². The van der Waals surface area contributed by atoms with Gasteiger partial charge in [0.05, 0.1) is 4.34 Å². The Morgan fingerprint density at radius 1 is 1.12 bits per heavy atom. The molecular formula is C16H16ClN3O3S2. The molecule has 0 N–H and O–H groups in total. The first-order valence-electron chi connectivity index (χ1n) is 7.85. The number of hydrogen-bond acceptors (Lipinski definition) is 6. The summed E-state index contributed by atoms with van der Waals surface area (Å²) in [5.74, 6) is 0. The lowest BCUT2D eigenvalue weighted by atomic mass is 10.2. The molecule has 9 heteroatoms. The molecule has 0 saturated carbocycles. The van der Waals surface area contributed by atoms with Crippen molar-refractivity contribution in [2.75, 3.05) is 26.2 Å². The SMILES string of the molecule is O=S(=O)(c1ccc(Cl)s1)N1CCN(Cc2noc3ccccc23)CC1. The molecule has 25 heavy (non-hydrogen) atoms. The number of nitrogens with zero attached hydrogens (tertiary/aromatic N) is 3. The highest BCUT2D eigenvalue weighted by Gasteiger charge is 2.30. The summed E-state index contributed by atoms with van der Waals surface area (Å²) in [7, 11) is -3.45. The maximum Gasteiger partial charge on any atom is 0.252 e. The van der Waals surface area contributed by atoms with Crippen molar-refractivity contribution >= 4 is 43.9 Å². The minimum absolute atomic E-state index is 0.299. The van der Waals surface area contributed by atoms with Gasteiger partial charge in [0, 0.05) is 38.1 Å². The van der Waals surface area contributed by atoms with Crippen molar-refractivity contribution < 1.29 is 12.9 Å². The number of piperazine rings is 1. The number of aromatic nitrogens is 1. The molecule has 1 aliphatic heterocycles. The number of hydrogen-bond donors (Lipinski definition) is 0. The van der Waals surface area contributed by atoms with E-state index in [1.807, 2.05) is 24.3 Å². The van der Waals surface area contributed by atoms with Crippen LogP contribution in [-0.2, 0) is 16.6 Å². The highest BCUT2D eigenvalue weighted by Crippen LogP contribution is 2.29. The van der Waals surface area contributed by atoms with E-state index in [1.165, 1.54) is 4.31 Å². The van der Waals surface area contributed by atoms with E-state index in [9.17, 15) is 8.42 Å². The summed E-state index contributed by atoms with van der Waals surface area (Å²) in [6, 6.07) is 10.9. The van der Waals surface area contributed by atoms with Crippen LogP contribution in [0.25, 0.3) is 11.0 Å². The summed E-state index contributed by atoms with van der Waals surface area (Å²) in [4.78, 5) is 2.19. The van der Waals surface area contributed by atoms with Crippen molar-refractivity contribution in [3.8, 4) is 0 Å². The molecule has 0 amide bonds. The quantitative estimate of drug-likeness (QED) is 0.676. The second kappa shape index (κ2) is 6.69. The third-order valence-corrected chi connectivity index (χ3v) is 7.90. The summed E-state index contributed by atoms with van der Waals surface area (Å²) in [5, 5.41) is 5.15. The molecule has 3 heterocycles.